The molecule has 24 heteroatoms. The molecule has 9 aromatic rings. The molecule has 0 bridgehead atoms. The average Bonchev–Trinajstić information content (AvgIpc) is 3.65. The van der Waals surface area contributed by atoms with Gasteiger partial charge >= 0.3 is 12.4 Å². The van der Waals surface area contributed by atoms with E-state index in [4.69, 9.17) is 21.1 Å². The number of rotatable bonds is 13. The predicted octanol–water partition coefficient (Wildman–Crippen LogP) is 14.7. The molecule has 0 radical (unpaired) electrons. The van der Waals surface area contributed by atoms with E-state index in [1.54, 1.807) is 91.9 Å². The second-order valence-corrected chi connectivity index (χ2v) is 23.0. The molecule has 9 rings (SSSR count). The van der Waals surface area contributed by atoms with Gasteiger partial charge in [-0.3, -0.25) is 30.3 Å². The predicted molar refractivity (Wildman–Crippen MR) is 301 cm³/mol. The lowest BCUT2D eigenvalue weighted by atomic mass is 10.1. The first-order valence-electron chi connectivity index (χ1n) is 23.4. The van der Waals surface area contributed by atoms with Crippen molar-refractivity contribution < 1.29 is 69.9 Å². The summed E-state index contributed by atoms with van der Waals surface area (Å²) in [5.74, 6) is -0.681. The number of phenols is 2. The van der Waals surface area contributed by atoms with Crippen LogP contribution in [0.4, 0.5) is 43.4 Å². The van der Waals surface area contributed by atoms with Crippen LogP contribution >= 0.6 is 25.9 Å². The smallest absolute Gasteiger partial charge is 0.420 e. The van der Waals surface area contributed by atoms with Gasteiger partial charge in [-0.25, -0.2) is 0 Å². The normalized spacial score (nSPS) is 11.3. The molecule has 15 nitrogen and oxygen atoms in total. The number of benzene rings is 9. The standard InChI is InChI=1S/C32H22F3N2O7P.C18H15O3P.C7H3ClF3NO2.CH4/c1-21-18-22(36(38)39)12-15-28(21)44-30-17-14-24(43-29-16-13-23(37(40)41)19-27(29)32(33,34)35)20-31(30)45(42,25-8-4-2-5-9-25)26-10-6-3-7-11-26;19-14-11-12-17(20)18(13-14)22(21,15-7-3-1-4-8-15)16-9-5-2-6-10-16;8-6-2-1-4(12(13)14)3-5(6)7(9,10)11;/h2-20H,1H3;1-13,19-20H;1-3H;1H4. The average molecular weight is 1190 g/mol. The molecular weight excluding hydrogens is 1140 g/mol. The molecule has 2 N–H and O–H groups in total. The fourth-order valence-electron chi connectivity index (χ4n) is 7.96. The second kappa shape index (κ2) is 25.9. The summed E-state index contributed by atoms with van der Waals surface area (Å²) in [6.07, 6.45) is -9.66. The number of nitro groups is 3. The van der Waals surface area contributed by atoms with Crippen LogP contribution in [0.2, 0.25) is 5.02 Å². The van der Waals surface area contributed by atoms with Crippen LogP contribution in [-0.4, -0.2) is 25.0 Å². The van der Waals surface area contributed by atoms with E-state index in [0.717, 1.165) is 24.3 Å². The molecule has 422 valence electrons. The molecule has 0 amide bonds. The molecule has 0 heterocycles. The van der Waals surface area contributed by atoms with E-state index >= 15 is 4.57 Å². The summed E-state index contributed by atoms with van der Waals surface area (Å²) in [5, 5.41) is 54.3. The van der Waals surface area contributed by atoms with Crippen LogP contribution in [0.15, 0.2) is 212 Å². The van der Waals surface area contributed by atoms with Crippen molar-refractivity contribution in [2.24, 2.45) is 0 Å². The Bertz CT molecular complexity index is 3780. The van der Waals surface area contributed by atoms with E-state index in [0.29, 0.717) is 38.9 Å². The van der Waals surface area contributed by atoms with Crippen molar-refractivity contribution in [3.63, 3.8) is 0 Å². The number of halogens is 7. The highest BCUT2D eigenvalue weighted by Crippen LogP contribution is 2.49. The quantitative estimate of drug-likeness (QED) is 0.0362. The Kier molecular flexibility index (Phi) is 19.5. The van der Waals surface area contributed by atoms with Gasteiger partial charge in [-0.1, -0.05) is 140 Å². The maximum atomic E-state index is 15.3. The maximum absolute atomic E-state index is 15.3. The molecule has 0 saturated carbocycles. The molecule has 0 aliphatic rings. The first kappa shape index (κ1) is 61.9. The molecule has 82 heavy (non-hydrogen) atoms. The zero-order valence-electron chi connectivity index (χ0n) is 41.6. The second-order valence-electron chi connectivity index (χ2n) is 17.1. The molecule has 0 aromatic heterocycles. The molecule has 0 fully saturated rings. The number of ether oxygens (including phenoxy) is 2. The number of nitro benzene ring substituents is 3. The minimum Gasteiger partial charge on any atom is -0.508 e. The highest BCUT2D eigenvalue weighted by molar-refractivity contribution is 7.86. The summed E-state index contributed by atoms with van der Waals surface area (Å²) in [5.41, 5.74) is -3.73. The number of alkyl halides is 6. The molecule has 0 atom stereocenters. The summed E-state index contributed by atoms with van der Waals surface area (Å²) in [7, 11) is -7.06. The molecular formula is C58H44ClF6N3O12P2. The lowest BCUT2D eigenvalue weighted by Crippen LogP contribution is -2.26. The number of nitrogens with zero attached hydrogens (tertiary/aromatic N) is 3. The van der Waals surface area contributed by atoms with Crippen molar-refractivity contribution in [2.45, 2.75) is 26.7 Å². The fourth-order valence-corrected chi connectivity index (χ4v) is 13.7. The Hall–Kier alpha value is -9.29. The van der Waals surface area contributed by atoms with E-state index in [1.165, 1.54) is 54.6 Å². The summed E-state index contributed by atoms with van der Waals surface area (Å²) in [6, 6.07) is 51.2. The van der Waals surface area contributed by atoms with Crippen molar-refractivity contribution in [1.82, 2.24) is 0 Å². The minimum atomic E-state index is -4.98. The number of non-ortho nitro benzene ring substituents is 3. The van der Waals surface area contributed by atoms with E-state index in [2.05, 4.69) is 0 Å². The SMILES string of the molecule is C.Cc1cc([N+](=O)[O-])ccc1Oc1ccc(Oc2ccc([N+](=O)[O-])cc2C(F)(F)F)cc1P(=O)(c1ccccc1)c1ccccc1.O=P(c1ccccc1)(c1ccccc1)c1cc(O)ccc1O.O=[N+]([O-])c1ccc(Cl)c(C(F)(F)F)c1. The van der Waals surface area contributed by atoms with Crippen LogP contribution in [0.25, 0.3) is 0 Å². The number of phenolic OH excluding ortho intramolecular Hbond substituents is 2. The van der Waals surface area contributed by atoms with E-state index in [9.17, 15) is 71.5 Å². The molecule has 0 unspecified atom stereocenters. The summed E-state index contributed by atoms with van der Waals surface area (Å²) >= 11 is 5.24. The Morgan fingerprint density at radius 2 is 0.841 bits per heavy atom. The molecule has 9 aromatic carbocycles. The highest BCUT2D eigenvalue weighted by Gasteiger charge is 2.39. The Morgan fingerprint density at radius 3 is 1.27 bits per heavy atom. The highest BCUT2D eigenvalue weighted by atomic mass is 35.5. The van der Waals surface area contributed by atoms with Gasteiger partial charge in [0.1, 0.15) is 40.1 Å². The van der Waals surface area contributed by atoms with Gasteiger partial charge in [-0.15, -0.1) is 0 Å². The first-order valence-corrected chi connectivity index (χ1v) is 27.2. The van der Waals surface area contributed by atoms with Crippen LogP contribution in [0.1, 0.15) is 24.1 Å². The van der Waals surface area contributed by atoms with Crippen molar-refractivity contribution in [1.29, 1.82) is 0 Å². The van der Waals surface area contributed by atoms with Crippen LogP contribution in [-0.2, 0) is 21.5 Å². The third-order valence-electron chi connectivity index (χ3n) is 11.8. The third kappa shape index (κ3) is 14.2. The number of hydrogen-bond donors (Lipinski definition) is 2. The zero-order chi connectivity index (χ0) is 58.9. The van der Waals surface area contributed by atoms with Crippen LogP contribution < -0.4 is 41.3 Å². The summed E-state index contributed by atoms with van der Waals surface area (Å²) in [6.45, 7) is 1.60. The molecule has 0 saturated heterocycles. The molecule has 0 aliphatic heterocycles. The zero-order valence-corrected chi connectivity index (χ0v) is 44.1. The van der Waals surface area contributed by atoms with Gasteiger partial charge in [-0.2, -0.15) is 26.3 Å². The lowest BCUT2D eigenvalue weighted by molar-refractivity contribution is -0.385. The van der Waals surface area contributed by atoms with Crippen LogP contribution in [0, 0.1) is 37.3 Å². The monoisotopic (exact) mass is 1190 g/mol. The van der Waals surface area contributed by atoms with Gasteiger partial charge in [0.05, 0.1) is 36.0 Å². The minimum absolute atomic E-state index is 0. The number of aryl methyl sites for hydroxylation is 1. The largest absolute Gasteiger partial charge is 0.508 e. The molecule has 0 spiro atoms. The lowest BCUT2D eigenvalue weighted by Gasteiger charge is -2.24. The summed E-state index contributed by atoms with van der Waals surface area (Å²) < 4.78 is 119. The van der Waals surface area contributed by atoms with Crippen molar-refractivity contribution in [2.75, 3.05) is 0 Å². The van der Waals surface area contributed by atoms with Gasteiger partial charge in [0.25, 0.3) is 17.1 Å². The summed E-state index contributed by atoms with van der Waals surface area (Å²) in [4.78, 5) is 30.2. The maximum Gasteiger partial charge on any atom is 0.420 e. The van der Waals surface area contributed by atoms with Gasteiger partial charge in [-0.05, 0) is 67.1 Å². The van der Waals surface area contributed by atoms with Gasteiger partial charge < -0.3 is 28.8 Å². The van der Waals surface area contributed by atoms with Crippen LogP contribution in [0.3, 0.4) is 0 Å². The number of hydrogen-bond acceptors (Lipinski definition) is 12. The van der Waals surface area contributed by atoms with Gasteiger partial charge in [0, 0.05) is 57.6 Å². The number of aromatic hydroxyl groups is 2. The van der Waals surface area contributed by atoms with E-state index in [1.807, 2.05) is 36.4 Å². The van der Waals surface area contributed by atoms with Gasteiger partial charge in [0.15, 0.2) is 14.3 Å². The fraction of sp³-hybridized carbons (Fsp3) is 0.0690. The van der Waals surface area contributed by atoms with E-state index < -0.39 is 74.7 Å². The Morgan fingerprint density at radius 1 is 0.451 bits per heavy atom. The van der Waals surface area contributed by atoms with Crippen LogP contribution in [0.5, 0.6) is 34.5 Å². The first-order chi connectivity index (χ1) is 38.3. The van der Waals surface area contributed by atoms with E-state index in [-0.39, 0.29) is 52.5 Å². The van der Waals surface area contributed by atoms with Crippen molar-refractivity contribution in [3.8, 4) is 34.5 Å². The van der Waals surface area contributed by atoms with Gasteiger partial charge in [0.2, 0.25) is 0 Å². The van der Waals surface area contributed by atoms with Crippen molar-refractivity contribution in [3.05, 3.63) is 264 Å². The third-order valence-corrected chi connectivity index (χ3v) is 18.3. The molecule has 0 aliphatic carbocycles. The topological polar surface area (TPSA) is 222 Å². The Labute approximate surface area is 468 Å². The Balaban J connectivity index is 0.000000240. The van der Waals surface area contributed by atoms with Crippen molar-refractivity contribution >= 4 is 74.8 Å².